The van der Waals surface area contributed by atoms with Crippen molar-refractivity contribution in [1.82, 2.24) is 4.90 Å². The number of fused-ring (bicyclic) bond motifs is 1. The van der Waals surface area contributed by atoms with Crippen LogP contribution in [0.5, 0.6) is 0 Å². The number of methoxy groups -OCH3 is 1. The van der Waals surface area contributed by atoms with Gasteiger partial charge in [0, 0.05) is 25.2 Å². The number of ether oxygens (including phenoxy) is 2. The molecule has 0 radical (unpaired) electrons. The van der Waals surface area contributed by atoms with Crippen molar-refractivity contribution in [2.75, 3.05) is 13.9 Å². The van der Waals surface area contributed by atoms with Gasteiger partial charge in [-0.15, -0.1) is 0 Å². The van der Waals surface area contributed by atoms with E-state index in [1.54, 1.807) is 37.5 Å². The fourth-order valence-corrected chi connectivity index (χ4v) is 7.98. The number of aliphatic hydroxyl groups is 1. The van der Waals surface area contributed by atoms with Crippen LogP contribution in [-0.4, -0.2) is 67.9 Å². The molecular formula is C28H45NO5S. The lowest BCUT2D eigenvalue weighted by Gasteiger charge is -2.53. The van der Waals surface area contributed by atoms with E-state index >= 15 is 0 Å². The average Bonchev–Trinajstić information content (AvgIpc) is 2.86. The molecule has 1 N–H and O–H groups in total. The van der Waals surface area contributed by atoms with Gasteiger partial charge in [0.2, 0.25) is 0 Å². The van der Waals surface area contributed by atoms with E-state index < -0.39 is 21.2 Å². The van der Waals surface area contributed by atoms with E-state index in [4.69, 9.17) is 9.47 Å². The Balaban J connectivity index is 1.90. The van der Waals surface area contributed by atoms with E-state index in [9.17, 15) is 13.5 Å². The summed E-state index contributed by atoms with van der Waals surface area (Å²) in [6.45, 7) is 4.54. The minimum atomic E-state index is -3.77. The monoisotopic (exact) mass is 507 g/mol. The molecule has 0 bridgehead atoms. The van der Waals surface area contributed by atoms with Crippen LogP contribution in [0.3, 0.4) is 0 Å². The lowest BCUT2D eigenvalue weighted by atomic mass is 9.82. The van der Waals surface area contributed by atoms with Gasteiger partial charge in [-0.2, -0.15) is 0 Å². The van der Waals surface area contributed by atoms with Crippen molar-refractivity contribution < 1.29 is 23.0 Å². The standard InChI is InChI=1S/C28H45NO5S/c1-4-5-6-7-8-12-18-26(30)28(35(31,32)24-15-10-9-11-16-24)25-17-13-14-23-19-20-27(34-21-33-3)22(2)29(23)25/h9-12,15-16,18,22-23,25-28,30H,4-8,13-14,17,19-21H2,1-3H3/b18-12+/t22-,23-,25-,26?,27+,28?/m0/s1. The molecule has 2 unspecified atom stereocenters. The number of hydrogen-bond donors (Lipinski definition) is 1. The van der Waals surface area contributed by atoms with E-state index in [1.807, 2.05) is 12.1 Å². The first-order chi connectivity index (χ1) is 16.9. The van der Waals surface area contributed by atoms with Gasteiger partial charge in [0.25, 0.3) is 0 Å². The van der Waals surface area contributed by atoms with Crippen LogP contribution >= 0.6 is 0 Å². The van der Waals surface area contributed by atoms with Gasteiger partial charge in [-0.1, -0.05) is 63.0 Å². The number of benzene rings is 1. The number of aliphatic hydroxyl groups excluding tert-OH is 1. The maximum atomic E-state index is 14.0. The highest BCUT2D eigenvalue weighted by Gasteiger charge is 2.49. The van der Waals surface area contributed by atoms with Crippen LogP contribution < -0.4 is 0 Å². The Morgan fingerprint density at radius 3 is 2.60 bits per heavy atom. The van der Waals surface area contributed by atoms with Crippen LogP contribution in [-0.2, 0) is 19.3 Å². The van der Waals surface area contributed by atoms with Gasteiger partial charge in [-0.3, -0.25) is 4.90 Å². The zero-order chi connectivity index (χ0) is 25.3. The molecule has 6 atom stereocenters. The first-order valence-corrected chi connectivity index (χ1v) is 15.0. The lowest BCUT2D eigenvalue weighted by molar-refractivity contribution is -0.136. The third-order valence-electron chi connectivity index (χ3n) is 7.74. The van der Waals surface area contributed by atoms with Crippen LogP contribution in [0.1, 0.15) is 78.1 Å². The number of nitrogens with zero attached hydrogens (tertiary/aromatic N) is 1. The number of allylic oxidation sites excluding steroid dienone is 1. The number of sulfone groups is 1. The summed E-state index contributed by atoms with van der Waals surface area (Å²) >= 11 is 0. The molecule has 0 amide bonds. The second-order valence-electron chi connectivity index (χ2n) is 10.1. The highest BCUT2D eigenvalue weighted by atomic mass is 32.2. The van der Waals surface area contributed by atoms with Crippen LogP contribution in [0.15, 0.2) is 47.4 Å². The fourth-order valence-electron chi connectivity index (χ4n) is 5.98. The molecule has 2 saturated heterocycles. The van der Waals surface area contributed by atoms with Crippen LogP contribution in [0.2, 0.25) is 0 Å². The van der Waals surface area contributed by atoms with E-state index in [1.165, 1.54) is 12.8 Å². The molecule has 0 saturated carbocycles. The van der Waals surface area contributed by atoms with Gasteiger partial charge in [0.15, 0.2) is 9.84 Å². The maximum Gasteiger partial charge on any atom is 0.185 e. The minimum absolute atomic E-state index is 0.0156. The molecule has 6 nitrogen and oxygen atoms in total. The van der Waals surface area contributed by atoms with Gasteiger partial charge in [0.1, 0.15) is 12.0 Å². The Bertz CT molecular complexity index is 875. The molecule has 1 aromatic carbocycles. The van der Waals surface area contributed by atoms with Crippen molar-refractivity contribution in [3.05, 3.63) is 42.5 Å². The summed E-state index contributed by atoms with van der Waals surface area (Å²) in [7, 11) is -2.15. The third-order valence-corrected chi connectivity index (χ3v) is 9.98. The van der Waals surface area contributed by atoms with Crippen molar-refractivity contribution >= 4 is 9.84 Å². The van der Waals surface area contributed by atoms with Crippen molar-refractivity contribution in [3.63, 3.8) is 0 Å². The Morgan fingerprint density at radius 2 is 1.89 bits per heavy atom. The number of piperidine rings is 2. The summed E-state index contributed by atoms with van der Waals surface area (Å²) in [6.07, 6.45) is 12.7. The van der Waals surface area contributed by atoms with Crippen molar-refractivity contribution in [1.29, 1.82) is 0 Å². The zero-order valence-electron chi connectivity index (χ0n) is 21.7. The van der Waals surface area contributed by atoms with Crippen LogP contribution in [0.25, 0.3) is 0 Å². The quantitative estimate of drug-likeness (QED) is 0.227. The topological polar surface area (TPSA) is 76.1 Å². The van der Waals surface area contributed by atoms with Gasteiger partial charge in [-0.05, 0) is 57.6 Å². The molecule has 2 fully saturated rings. The van der Waals surface area contributed by atoms with Gasteiger partial charge < -0.3 is 14.6 Å². The van der Waals surface area contributed by atoms with Crippen molar-refractivity contribution in [3.8, 4) is 0 Å². The smallest absolute Gasteiger partial charge is 0.185 e. The molecule has 2 aliphatic heterocycles. The van der Waals surface area contributed by atoms with Crippen molar-refractivity contribution in [2.45, 2.75) is 119 Å². The number of hydrogen-bond acceptors (Lipinski definition) is 6. The molecule has 198 valence electrons. The summed E-state index contributed by atoms with van der Waals surface area (Å²) in [4.78, 5) is 2.64. The fraction of sp³-hybridized carbons (Fsp3) is 0.714. The predicted octanol–water partition coefficient (Wildman–Crippen LogP) is 5.11. The Morgan fingerprint density at radius 1 is 1.11 bits per heavy atom. The summed E-state index contributed by atoms with van der Waals surface area (Å²) in [6, 6.07) is 8.70. The molecule has 0 aromatic heterocycles. The van der Waals surface area contributed by atoms with E-state index in [2.05, 4.69) is 18.7 Å². The number of unbranched alkanes of at least 4 members (excludes halogenated alkanes) is 4. The second kappa shape index (κ2) is 13.9. The molecule has 1 aromatic rings. The van der Waals surface area contributed by atoms with Crippen LogP contribution in [0.4, 0.5) is 0 Å². The zero-order valence-corrected chi connectivity index (χ0v) is 22.5. The highest BCUT2D eigenvalue weighted by molar-refractivity contribution is 7.92. The lowest BCUT2D eigenvalue weighted by Crippen LogP contribution is -2.64. The third kappa shape index (κ3) is 7.16. The van der Waals surface area contributed by atoms with Gasteiger partial charge in [-0.25, -0.2) is 8.42 Å². The van der Waals surface area contributed by atoms with E-state index in [0.29, 0.717) is 6.04 Å². The number of rotatable bonds is 13. The summed E-state index contributed by atoms with van der Waals surface area (Å²) in [5.74, 6) is 0. The Labute approximate surface area is 212 Å². The Hall–Kier alpha value is -1.25. The molecule has 35 heavy (non-hydrogen) atoms. The molecule has 3 rings (SSSR count). The normalized spacial score (nSPS) is 27.5. The molecule has 0 aliphatic carbocycles. The summed E-state index contributed by atoms with van der Waals surface area (Å²) in [5.41, 5.74) is 0. The Kier molecular flexibility index (Phi) is 11.2. The molecule has 0 spiro atoms. The molecule has 7 heteroatoms. The van der Waals surface area contributed by atoms with Crippen molar-refractivity contribution in [2.24, 2.45) is 0 Å². The largest absolute Gasteiger partial charge is 0.388 e. The summed E-state index contributed by atoms with van der Waals surface area (Å²) < 4.78 is 39.1. The maximum absolute atomic E-state index is 14.0. The predicted molar refractivity (Wildman–Crippen MR) is 140 cm³/mol. The highest BCUT2D eigenvalue weighted by Crippen LogP contribution is 2.39. The first-order valence-electron chi connectivity index (χ1n) is 13.4. The molecule has 2 heterocycles. The van der Waals surface area contributed by atoms with Crippen LogP contribution in [0, 0.1) is 0 Å². The summed E-state index contributed by atoms with van der Waals surface area (Å²) in [5, 5.41) is 10.5. The molecular weight excluding hydrogens is 462 g/mol. The van der Waals surface area contributed by atoms with E-state index in [0.717, 1.165) is 51.4 Å². The molecule has 2 aliphatic rings. The average molecular weight is 508 g/mol. The second-order valence-corrected chi connectivity index (χ2v) is 12.2. The van der Waals surface area contributed by atoms with Gasteiger partial charge in [0.05, 0.1) is 17.1 Å². The van der Waals surface area contributed by atoms with Gasteiger partial charge >= 0.3 is 0 Å². The first kappa shape index (κ1) is 28.3. The SMILES string of the molecule is CCCCCC/C=C/C(O)C([C@@H]1CCC[C@H]2CC[C@@H](OCOC)[C@H](C)N21)S(=O)(=O)c1ccccc1. The minimum Gasteiger partial charge on any atom is -0.388 e. The van der Waals surface area contributed by atoms with E-state index in [-0.39, 0.29) is 29.9 Å².